The molecule has 0 saturated carbocycles. The first kappa shape index (κ1) is 16.5. The molecule has 20 heavy (non-hydrogen) atoms. The Bertz CT molecular complexity index is 373. The third-order valence-corrected chi connectivity index (χ3v) is 3.32. The monoisotopic (exact) mass is 283 g/mol. The SMILES string of the molecule is C=CC[C@H](C(=O)OC)[C@H]1CCCN1C(=O)OC(C)(C)C. The Balaban J connectivity index is 2.83. The Hall–Kier alpha value is -1.52. The van der Waals surface area contributed by atoms with Crippen LogP contribution < -0.4 is 0 Å². The van der Waals surface area contributed by atoms with Crippen molar-refractivity contribution >= 4 is 12.1 Å². The van der Waals surface area contributed by atoms with Crippen LogP contribution in [0.2, 0.25) is 0 Å². The first-order chi connectivity index (χ1) is 9.30. The number of carbonyl (C=O) groups is 2. The molecule has 1 heterocycles. The molecule has 1 amide bonds. The van der Waals surface area contributed by atoms with Crippen molar-refractivity contribution in [2.45, 2.75) is 51.7 Å². The number of rotatable bonds is 4. The maximum absolute atomic E-state index is 12.2. The molecule has 0 radical (unpaired) electrons. The van der Waals surface area contributed by atoms with Crippen molar-refractivity contribution < 1.29 is 19.1 Å². The predicted octanol–water partition coefficient (Wildman–Crippen LogP) is 2.75. The van der Waals surface area contributed by atoms with Crippen molar-refractivity contribution in [3.8, 4) is 0 Å². The van der Waals surface area contributed by atoms with Gasteiger partial charge < -0.3 is 14.4 Å². The minimum Gasteiger partial charge on any atom is -0.469 e. The molecule has 0 spiro atoms. The normalized spacial score (nSPS) is 20.4. The van der Waals surface area contributed by atoms with Crippen molar-refractivity contribution in [1.82, 2.24) is 4.90 Å². The van der Waals surface area contributed by atoms with Gasteiger partial charge in [0.1, 0.15) is 5.60 Å². The molecule has 5 heteroatoms. The van der Waals surface area contributed by atoms with Gasteiger partial charge in [0.05, 0.1) is 13.0 Å². The molecular weight excluding hydrogens is 258 g/mol. The summed E-state index contributed by atoms with van der Waals surface area (Å²) in [5, 5.41) is 0. The molecule has 1 saturated heterocycles. The van der Waals surface area contributed by atoms with Gasteiger partial charge in [-0.1, -0.05) is 6.08 Å². The average molecular weight is 283 g/mol. The molecule has 0 unspecified atom stereocenters. The Kier molecular flexibility index (Phi) is 5.60. The minimum absolute atomic E-state index is 0.171. The van der Waals surface area contributed by atoms with Crippen LogP contribution in [0.25, 0.3) is 0 Å². The van der Waals surface area contributed by atoms with Gasteiger partial charge in [-0.3, -0.25) is 4.79 Å². The quantitative estimate of drug-likeness (QED) is 0.588. The maximum atomic E-state index is 12.2. The van der Waals surface area contributed by atoms with Crippen LogP contribution in [-0.4, -0.2) is 42.3 Å². The topological polar surface area (TPSA) is 55.8 Å². The summed E-state index contributed by atoms with van der Waals surface area (Å²) < 4.78 is 10.2. The second-order valence-corrected chi connectivity index (χ2v) is 6.04. The van der Waals surface area contributed by atoms with Crippen molar-refractivity contribution in [2.75, 3.05) is 13.7 Å². The van der Waals surface area contributed by atoms with Crippen LogP contribution in [-0.2, 0) is 14.3 Å². The zero-order chi connectivity index (χ0) is 15.3. The van der Waals surface area contributed by atoms with Crippen molar-refractivity contribution in [2.24, 2.45) is 5.92 Å². The van der Waals surface area contributed by atoms with Crippen LogP contribution in [0.1, 0.15) is 40.0 Å². The van der Waals surface area contributed by atoms with E-state index in [2.05, 4.69) is 6.58 Å². The molecule has 0 aliphatic carbocycles. The van der Waals surface area contributed by atoms with E-state index in [1.165, 1.54) is 7.11 Å². The van der Waals surface area contributed by atoms with Gasteiger partial charge in [0.15, 0.2) is 0 Å². The van der Waals surface area contributed by atoms with E-state index in [9.17, 15) is 9.59 Å². The van der Waals surface area contributed by atoms with E-state index in [1.54, 1.807) is 11.0 Å². The zero-order valence-electron chi connectivity index (χ0n) is 12.8. The lowest BCUT2D eigenvalue weighted by Gasteiger charge is -2.31. The largest absolute Gasteiger partial charge is 0.469 e. The summed E-state index contributed by atoms with van der Waals surface area (Å²) in [6.45, 7) is 9.78. The minimum atomic E-state index is -0.538. The molecule has 0 bridgehead atoms. The highest BCUT2D eigenvalue weighted by Crippen LogP contribution is 2.29. The highest BCUT2D eigenvalue weighted by Gasteiger charge is 2.39. The maximum Gasteiger partial charge on any atom is 0.410 e. The fourth-order valence-corrected chi connectivity index (χ4v) is 2.50. The molecule has 2 atom stereocenters. The van der Waals surface area contributed by atoms with Gasteiger partial charge in [0, 0.05) is 12.6 Å². The molecule has 1 aliphatic heterocycles. The Morgan fingerprint density at radius 2 is 2.10 bits per heavy atom. The molecule has 114 valence electrons. The number of methoxy groups -OCH3 is 1. The number of ether oxygens (including phenoxy) is 2. The van der Waals surface area contributed by atoms with Gasteiger partial charge in [-0.2, -0.15) is 0 Å². The number of nitrogens with zero attached hydrogens (tertiary/aromatic N) is 1. The standard InChI is InChI=1S/C15H25NO4/c1-6-8-11(13(17)19-5)12-9-7-10-16(12)14(18)20-15(2,3)4/h6,11-12H,1,7-10H2,2-5H3/t11-,12+/m0/s1. The summed E-state index contributed by atoms with van der Waals surface area (Å²) in [4.78, 5) is 25.8. The van der Waals surface area contributed by atoms with Gasteiger partial charge >= 0.3 is 12.1 Å². The van der Waals surface area contributed by atoms with Gasteiger partial charge in [0.2, 0.25) is 0 Å². The third kappa shape index (κ3) is 4.25. The van der Waals surface area contributed by atoms with E-state index in [-0.39, 0.29) is 24.0 Å². The first-order valence-electron chi connectivity index (χ1n) is 6.98. The average Bonchev–Trinajstić information content (AvgIpc) is 2.81. The molecule has 1 aliphatic rings. The van der Waals surface area contributed by atoms with Crippen molar-refractivity contribution in [1.29, 1.82) is 0 Å². The van der Waals surface area contributed by atoms with Crippen LogP contribution in [0.5, 0.6) is 0 Å². The number of allylic oxidation sites excluding steroid dienone is 1. The van der Waals surface area contributed by atoms with Crippen LogP contribution in [0.15, 0.2) is 12.7 Å². The van der Waals surface area contributed by atoms with Crippen molar-refractivity contribution in [3.63, 3.8) is 0 Å². The second kappa shape index (κ2) is 6.77. The summed E-state index contributed by atoms with van der Waals surface area (Å²) in [7, 11) is 1.37. The first-order valence-corrected chi connectivity index (χ1v) is 6.98. The molecule has 0 aromatic heterocycles. The lowest BCUT2D eigenvalue weighted by molar-refractivity contribution is -0.147. The Labute approximate surface area is 120 Å². The number of carbonyl (C=O) groups excluding carboxylic acids is 2. The summed E-state index contributed by atoms with van der Waals surface area (Å²) >= 11 is 0. The molecule has 0 aromatic rings. The molecule has 0 N–H and O–H groups in total. The number of esters is 1. The summed E-state index contributed by atoms with van der Waals surface area (Å²) in [5.41, 5.74) is -0.538. The van der Waals surface area contributed by atoms with E-state index < -0.39 is 5.60 Å². The molecular formula is C15H25NO4. The van der Waals surface area contributed by atoms with E-state index >= 15 is 0 Å². The molecule has 1 rings (SSSR count). The predicted molar refractivity (Wildman–Crippen MR) is 76.3 cm³/mol. The van der Waals surface area contributed by atoms with E-state index in [1.807, 2.05) is 20.8 Å². The number of hydrogen-bond acceptors (Lipinski definition) is 4. The number of amides is 1. The Morgan fingerprint density at radius 1 is 1.45 bits per heavy atom. The van der Waals surface area contributed by atoms with Crippen LogP contribution >= 0.6 is 0 Å². The Morgan fingerprint density at radius 3 is 2.60 bits per heavy atom. The molecule has 5 nitrogen and oxygen atoms in total. The van der Waals surface area contributed by atoms with E-state index in [0.717, 1.165) is 12.8 Å². The molecule has 0 aromatic carbocycles. The van der Waals surface area contributed by atoms with Gasteiger partial charge in [0.25, 0.3) is 0 Å². The van der Waals surface area contributed by atoms with Gasteiger partial charge in [-0.15, -0.1) is 6.58 Å². The zero-order valence-corrected chi connectivity index (χ0v) is 12.8. The second-order valence-electron chi connectivity index (χ2n) is 6.04. The fourth-order valence-electron chi connectivity index (χ4n) is 2.50. The summed E-state index contributed by atoms with van der Waals surface area (Å²) in [6, 6.07) is -0.171. The fraction of sp³-hybridized carbons (Fsp3) is 0.733. The van der Waals surface area contributed by atoms with Crippen LogP contribution in [0.4, 0.5) is 4.79 Å². The number of likely N-dealkylation sites (tertiary alicyclic amines) is 1. The summed E-state index contributed by atoms with van der Waals surface area (Å²) in [5.74, 6) is -0.669. The van der Waals surface area contributed by atoms with Gasteiger partial charge in [-0.05, 0) is 40.0 Å². The third-order valence-electron chi connectivity index (χ3n) is 3.32. The summed E-state index contributed by atoms with van der Waals surface area (Å²) in [6.07, 6.45) is 3.48. The van der Waals surface area contributed by atoms with Gasteiger partial charge in [-0.25, -0.2) is 4.79 Å². The van der Waals surface area contributed by atoms with E-state index in [4.69, 9.17) is 9.47 Å². The van der Waals surface area contributed by atoms with E-state index in [0.29, 0.717) is 13.0 Å². The van der Waals surface area contributed by atoms with Crippen LogP contribution in [0.3, 0.4) is 0 Å². The lowest BCUT2D eigenvalue weighted by Crippen LogP contribution is -2.45. The highest BCUT2D eigenvalue weighted by molar-refractivity contribution is 5.75. The van der Waals surface area contributed by atoms with Crippen LogP contribution in [0, 0.1) is 5.92 Å². The number of hydrogen-bond donors (Lipinski definition) is 0. The lowest BCUT2D eigenvalue weighted by atomic mass is 9.94. The highest BCUT2D eigenvalue weighted by atomic mass is 16.6. The van der Waals surface area contributed by atoms with Crippen molar-refractivity contribution in [3.05, 3.63) is 12.7 Å². The smallest absolute Gasteiger partial charge is 0.410 e. The molecule has 1 fully saturated rings.